The topological polar surface area (TPSA) is 109 Å². The van der Waals surface area contributed by atoms with Gasteiger partial charge in [-0.15, -0.1) is 0 Å². The second-order valence-corrected chi connectivity index (χ2v) is 6.74. The molecule has 1 heterocycles. The Labute approximate surface area is 165 Å². The van der Waals surface area contributed by atoms with E-state index in [4.69, 9.17) is 5.11 Å². The van der Waals surface area contributed by atoms with Crippen molar-refractivity contribution in [3.63, 3.8) is 0 Å². The van der Waals surface area contributed by atoms with Crippen LogP contribution < -0.4 is 5.32 Å². The van der Waals surface area contributed by atoms with Gasteiger partial charge in [-0.3, -0.25) is 9.59 Å². The number of carboxylic acids is 1. The third kappa shape index (κ3) is 4.47. The average molecular weight is 395 g/mol. The number of ketones is 1. The van der Waals surface area contributed by atoms with E-state index in [-0.39, 0.29) is 12.1 Å². The minimum Gasteiger partial charge on any atom is -0.475 e. The zero-order valence-corrected chi connectivity index (χ0v) is 15.8. The number of carboxylic acid groups (broad SMARTS) is 1. The molecule has 8 heteroatoms. The van der Waals surface area contributed by atoms with E-state index < -0.39 is 23.7 Å². The maximum absolute atomic E-state index is 12.7. The highest BCUT2D eigenvalue weighted by atomic mass is 32.1. The molecule has 7 nitrogen and oxygen atoms in total. The lowest BCUT2D eigenvalue weighted by atomic mass is 10.0. The summed E-state index contributed by atoms with van der Waals surface area (Å²) in [6.45, 7) is 1.95. The van der Waals surface area contributed by atoms with Crippen LogP contribution >= 0.6 is 11.7 Å². The molecule has 0 aliphatic heterocycles. The first-order valence-corrected chi connectivity index (χ1v) is 9.20. The molecule has 0 aliphatic carbocycles. The Bertz CT molecular complexity index is 1000. The van der Waals surface area contributed by atoms with Crippen molar-refractivity contribution >= 4 is 29.4 Å². The molecule has 2 aromatic carbocycles. The number of aromatic nitrogens is 2. The standard InChI is InChI=1S/C20H17N3O4S/c1-12-7-9-14(10-8-12)16-17(23-28-22-16)19(25)21-15(18(24)20(26)27)11-13-5-3-2-4-6-13/h2-10,15H,11H2,1H3,(H,21,25)(H,26,27). The van der Waals surface area contributed by atoms with Gasteiger partial charge in [-0.05, 0) is 12.5 Å². The first-order valence-electron chi connectivity index (χ1n) is 8.47. The summed E-state index contributed by atoms with van der Waals surface area (Å²) in [7, 11) is 0. The van der Waals surface area contributed by atoms with Crippen molar-refractivity contribution in [3.05, 3.63) is 71.4 Å². The third-order valence-corrected chi connectivity index (χ3v) is 4.67. The number of Topliss-reactive ketones (excluding diaryl/α,β-unsaturated/α-hetero) is 1. The SMILES string of the molecule is Cc1ccc(-c2nsnc2C(=O)NC(Cc2ccccc2)C(=O)C(=O)O)cc1. The van der Waals surface area contributed by atoms with Crippen LogP contribution in [0.1, 0.15) is 21.6 Å². The molecule has 1 unspecified atom stereocenters. The molecule has 0 aliphatic rings. The monoisotopic (exact) mass is 395 g/mol. The van der Waals surface area contributed by atoms with Crippen LogP contribution in [0.15, 0.2) is 54.6 Å². The zero-order chi connectivity index (χ0) is 20.1. The van der Waals surface area contributed by atoms with Crippen molar-refractivity contribution in [2.24, 2.45) is 0 Å². The number of carbonyl (C=O) groups excluding carboxylic acids is 2. The van der Waals surface area contributed by atoms with E-state index in [1.54, 1.807) is 24.3 Å². The van der Waals surface area contributed by atoms with Crippen LogP contribution in [0.25, 0.3) is 11.3 Å². The molecule has 2 N–H and O–H groups in total. The maximum Gasteiger partial charge on any atom is 0.374 e. The summed E-state index contributed by atoms with van der Waals surface area (Å²) in [6.07, 6.45) is 0.0646. The van der Waals surface area contributed by atoms with Gasteiger partial charge in [0, 0.05) is 12.0 Å². The Balaban J connectivity index is 1.84. The number of amides is 1. The van der Waals surface area contributed by atoms with Crippen LogP contribution in [0.3, 0.4) is 0 Å². The summed E-state index contributed by atoms with van der Waals surface area (Å²) in [5, 5.41) is 11.6. The molecule has 0 fully saturated rings. The molecule has 3 rings (SSSR count). The number of rotatable bonds is 7. The van der Waals surface area contributed by atoms with E-state index in [2.05, 4.69) is 14.1 Å². The van der Waals surface area contributed by atoms with Crippen molar-refractivity contribution in [2.45, 2.75) is 19.4 Å². The lowest BCUT2D eigenvalue weighted by Gasteiger charge is -2.15. The molecule has 0 spiro atoms. The highest BCUT2D eigenvalue weighted by Gasteiger charge is 2.29. The Morgan fingerprint density at radius 3 is 2.36 bits per heavy atom. The normalized spacial score (nSPS) is 11.6. The summed E-state index contributed by atoms with van der Waals surface area (Å²) >= 11 is 0.877. The quantitative estimate of drug-likeness (QED) is 0.595. The zero-order valence-electron chi connectivity index (χ0n) is 15.0. The fourth-order valence-corrected chi connectivity index (χ4v) is 3.24. The first-order chi connectivity index (χ1) is 13.5. The molecule has 142 valence electrons. The van der Waals surface area contributed by atoms with E-state index in [0.717, 1.165) is 22.9 Å². The van der Waals surface area contributed by atoms with Gasteiger partial charge >= 0.3 is 5.97 Å². The fraction of sp³-hybridized carbons (Fsp3) is 0.150. The Kier molecular flexibility index (Phi) is 5.90. The molecule has 1 aromatic heterocycles. The van der Waals surface area contributed by atoms with E-state index in [0.29, 0.717) is 11.3 Å². The Morgan fingerprint density at radius 2 is 1.71 bits per heavy atom. The van der Waals surface area contributed by atoms with Crippen LogP contribution in [0, 0.1) is 6.92 Å². The molecule has 1 amide bonds. The molecule has 28 heavy (non-hydrogen) atoms. The van der Waals surface area contributed by atoms with Crippen molar-refractivity contribution in [3.8, 4) is 11.3 Å². The minimum atomic E-state index is -1.60. The summed E-state index contributed by atoms with van der Waals surface area (Å²) in [6, 6.07) is 15.1. The van der Waals surface area contributed by atoms with Gasteiger partial charge < -0.3 is 10.4 Å². The lowest BCUT2D eigenvalue weighted by Crippen LogP contribution is -2.45. The molecular weight excluding hydrogens is 378 g/mol. The summed E-state index contributed by atoms with van der Waals surface area (Å²) in [4.78, 5) is 36.0. The van der Waals surface area contributed by atoms with Gasteiger partial charge in [0.25, 0.3) is 11.7 Å². The van der Waals surface area contributed by atoms with Crippen LogP contribution in [0.4, 0.5) is 0 Å². The number of aryl methyl sites for hydroxylation is 1. The number of nitrogens with zero attached hydrogens (tertiary/aromatic N) is 2. The minimum absolute atomic E-state index is 0.0603. The van der Waals surface area contributed by atoms with Gasteiger partial charge in [0.2, 0.25) is 0 Å². The van der Waals surface area contributed by atoms with Crippen molar-refractivity contribution in [2.75, 3.05) is 0 Å². The molecular formula is C20H17N3O4S. The van der Waals surface area contributed by atoms with Crippen molar-refractivity contribution in [1.82, 2.24) is 14.1 Å². The Morgan fingerprint density at radius 1 is 1.04 bits per heavy atom. The Hall–Kier alpha value is -3.39. The molecule has 0 radical (unpaired) electrons. The smallest absolute Gasteiger partial charge is 0.374 e. The number of hydrogen-bond acceptors (Lipinski definition) is 6. The van der Waals surface area contributed by atoms with Gasteiger partial charge in [0.1, 0.15) is 11.7 Å². The molecule has 0 saturated carbocycles. The van der Waals surface area contributed by atoms with Gasteiger partial charge in [0.05, 0.1) is 11.7 Å². The second kappa shape index (κ2) is 8.53. The van der Waals surface area contributed by atoms with E-state index >= 15 is 0 Å². The van der Waals surface area contributed by atoms with Gasteiger partial charge in [-0.25, -0.2) is 4.79 Å². The van der Waals surface area contributed by atoms with Crippen LogP contribution in [0.2, 0.25) is 0 Å². The molecule has 3 aromatic rings. The number of nitrogens with one attached hydrogen (secondary N) is 1. The maximum atomic E-state index is 12.7. The van der Waals surface area contributed by atoms with E-state index in [1.165, 1.54) is 0 Å². The number of carbonyl (C=O) groups is 3. The first kappa shape index (κ1) is 19.4. The predicted octanol–water partition coefficient (Wildman–Crippen LogP) is 2.51. The van der Waals surface area contributed by atoms with Crippen LogP contribution in [-0.4, -0.2) is 37.6 Å². The predicted molar refractivity (Wildman–Crippen MR) is 104 cm³/mol. The number of aliphatic carboxylic acids is 1. The summed E-state index contributed by atoms with van der Waals surface area (Å²) in [5.74, 6) is -3.33. The highest BCUT2D eigenvalue weighted by molar-refractivity contribution is 6.99. The van der Waals surface area contributed by atoms with E-state index in [1.807, 2.05) is 37.3 Å². The molecule has 0 bridgehead atoms. The molecule has 1 atom stereocenters. The van der Waals surface area contributed by atoms with Crippen molar-refractivity contribution in [1.29, 1.82) is 0 Å². The fourth-order valence-electron chi connectivity index (χ4n) is 2.67. The molecule has 0 saturated heterocycles. The lowest BCUT2D eigenvalue weighted by molar-refractivity contribution is -0.149. The largest absolute Gasteiger partial charge is 0.475 e. The summed E-state index contributed by atoms with van der Waals surface area (Å²) < 4.78 is 8.22. The number of hydrogen-bond donors (Lipinski definition) is 2. The van der Waals surface area contributed by atoms with Crippen LogP contribution in [-0.2, 0) is 16.0 Å². The van der Waals surface area contributed by atoms with Gasteiger partial charge in [-0.2, -0.15) is 8.75 Å². The number of benzene rings is 2. The van der Waals surface area contributed by atoms with Crippen LogP contribution in [0.5, 0.6) is 0 Å². The van der Waals surface area contributed by atoms with Crippen molar-refractivity contribution < 1.29 is 19.5 Å². The van der Waals surface area contributed by atoms with Gasteiger partial charge in [-0.1, -0.05) is 60.2 Å². The van der Waals surface area contributed by atoms with E-state index in [9.17, 15) is 14.4 Å². The second-order valence-electron chi connectivity index (χ2n) is 6.21. The van der Waals surface area contributed by atoms with Gasteiger partial charge in [0.15, 0.2) is 5.69 Å². The highest BCUT2D eigenvalue weighted by Crippen LogP contribution is 2.22. The average Bonchev–Trinajstić information content (AvgIpc) is 3.18. The summed E-state index contributed by atoms with van der Waals surface area (Å²) in [5.41, 5.74) is 2.97. The third-order valence-electron chi connectivity index (χ3n) is 4.14.